The number of anilines is 2. The van der Waals surface area contributed by atoms with E-state index in [1.165, 1.54) is 12.1 Å². The van der Waals surface area contributed by atoms with E-state index >= 15 is 0 Å². The van der Waals surface area contributed by atoms with Gasteiger partial charge in [-0.3, -0.25) is 4.79 Å². The second-order valence-electron chi connectivity index (χ2n) is 7.01. The number of hydrogen-bond acceptors (Lipinski definition) is 4. The molecule has 0 spiro atoms. The van der Waals surface area contributed by atoms with Crippen molar-refractivity contribution in [2.45, 2.75) is 44.0 Å². The number of nitrogens with two attached hydrogens (primary N) is 1. The summed E-state index contributed by atoms with van der Waals surface area (Å²) in [4.78, 5) is 12.7. The first kappa shape index (κ1) is 22.2. The van der Waals surface area contributed by atoms with Gasteiger partial charge in [0.25, 0.3) is 5.91 Å². The first-order valence-corrected chi connectivity index (χ1v) is 10.5. The fraction of sp³-hybridized carbons (Fsp3) is 0.350. The van der Waals surface area contributed by atoms with E-state index < -0.39 is 10.0 Å². The molecule has 2 aromatic rings. The number of nitrogens with one attached hydrogen (secondary N) is 1. The SMILES string of the molecule is Cc1ccc(N)cc1NC(=O)c1ccc(S(=O)(=O)N2CCCCC2C)cc1.Cl. The van der Waals surface area contributed by atoms with E-state index in [9.17, 15) is 13.2 Å². The molecule has 1 fully saturated rings. The summed E-state index contributed by atoms with van der Waals surface area (Å²) in [5.41, 5.74) is 8.26. The van der Waals surface area contributed by atoms with Gasteiger partial charge in [0, 0.05) is 29.5 Å². The number of sulfonamides is 1. The molecule has 0 bridgehead atoms. The second-order valence-corrected chi connectivity index (χ2v) is 8.90. The lowest BCUT2D eigenvalue weighted by Crippen LogP contribution is -2.41. The van der Waals surface area contributed by atoms with Crippen molar-refractivity contribution >= 4 is 39.7 Å². The Morgan fingerprint density at radius 2 is 1.82 bits per heavy atom. The molecule has 1 aliphatic rings. The van der Waals surface area contributed by atoms with E-state index in [1.807, 2.05) is 19.9 Å². The Morgan fingerprint density at radius 3 is 2.46 bits per heavy atom. The van der Waals surface area contributed by atoms with E-state index in [0.717, 1.165) is 24.8 Å². The van der Waals surface area contributed by atoms with Crippen LogP contribution in [-0.2, 0) is 10.0 Å². The van der Waals surface area contributed by atoms with Crippen molar-refractivity contribution < 1.29 is 13.2 Å². The van der Waals surface area contributed by atoms with Gasteiger partial charge >= 0.3 is 0 Å². The van der Waals surface area contributed by atoms with Gasteiger partial charge in [-0.2, -0.15) is 4.31 Å². The van der Waals surface area contributed by atoms with Crippen LogP contribution >= 0.6 is 12.4 Å². The van der Waals surface area contributed by atoms with Gasteiger partial charge in [0.15, 0.2) is 0 Å². The van der Waals surface area contributed by atoms with Crippen molar-refractivity contribution in [3.63, 3.8) is 0 Å². The molecule has 1 unspecified atom stereocenters. The summed E-state index contributed by atoms with van der Waals surface area (Å²) in [6.07, 6.45) is 2.80. The number of carbonyl (C=O) groups excluding carboxylic acids is 1. The molecule has 3 rings (SSSR count). The van der Waals surface area contributed by atoms with Gasteiger partial charge in [0.1, 0.15) is 0 Å². The van der Waals surface area contributed by atoms with Crippen LogP contribution in [0.25, 0.3) is 0 Å². The Labute approximate surface area is 172 Å². The lowest BCUT2D eigenvalue weighted by molar-refractivity contribution is 0.102. The maximum Gasteiger partial charge on any atom is 0.255 e. The predicted molar refractivity (Wildman–Crippen MR) is 114 cm³/mol. The van der Waals surface area contributed by atoms with Gasteiger partial charge in [-0.25, -0.2) is 8.42 Å². The summed E-state index contributed by atoms with van der Waals surface area (Å²) in [5.74, 6) is -0.306. The van der Waals surface area contributed by atoms with Crippen molar-refractivity contribution in [2.75, 3.05) is 17.6 Å². The normalized spacial score (nSPS) is 17.6. The Balaban J connectivity index is 0.00000280. The summed E-state index contributed by atoms with van der Waals surface area (Å²) >= 11 is 0. The first-order valence-electron chi connectivity index (χ1n) is 9.08. The van der Waals surface area contributed by atoms with Gasteiger partial charge in [-0.15, -0.1) is 12.4 Å². The minimum Gasteiger partial charge on any atom is -0.399 e. The number of aryl methyl sites for hydroxylation is 1. The molecule has 28 heavy (non-hydrogen) atoms. The Kier molecular flexibility index (Phi) is 7.09. The van der Waals surface area contributed by atoms with Crippen molar-refractivity contribution in [3.05, 3.63) is 53.6 Å². The maximum absolute atomic E-state index is 12.9. The van der Waals surface area contributed by atoms with E-state index in [2.05, 4.69) is 5.32 Å². The highest BCUT2D eigenvalue weighted by Crippen LogP contribution is 2.25. The van der Waals surface area contributed by atoms with E-state index in [1.54, 1.807) is 28.6 Å². The number of nitrogen functional groups attached to an aromatic ring is 1. The van der Waals surface area contributed by atoms with Crippen LogP contribution in [-0.4, -0.2) is 31.2 Å². The highest BCUT2D eigenvalue weighted by atomic mass is 35.5. The Morgan fingerprint density at radius 1 is 1.14 bits per heavy atom. The zero-order valence-electron chi connectivity index (χ0n) is 16.0. The third-order valence-corrected chi connectivity index (χ3v) is 7.00. The smallest absolute Gasteiger partial charge is 0.255 e. The zero-order valence-corrected chi connectivity index (χ0v) is 17.6. The molecule has 8 heteroatoms. The average molecular weight is 424 g/mol. The minimum atomic E-state index is -3.54. The summed E-state index contributed by atoms with van der Waals surface area (Å²) in [5, 5.41) is 2.82. The fourth-order valence-corrected chi connectivity index (χ4v) is 5.01. The largest absolute Gasteiger partial charge is 0.399 e. The highest BCUT2D eigenvalue weighted by Gasteiger charge is 2.30. The summed E-state index contributed by atoms with van der Waals surface area (Å²) in [6.45, 7) is 4.36. The molecule has 0 saturated carbocycles. The topological polar surface area (TPSA) is 92.5 Å². The molecule has 6 nitrogen and oxygen atoms in total. The van der Waals surface area contributed by atoms with Crippen molar-refractivity contribution in [1.82, 2.24) is 4.31 Å². The molecule has 1 atom stereocenters. The van der Waals surface area contributed by atoms with Crippen molar-refractivity contribution in [2.24, 2.45) is 0 Å². The third kappa shape index (κ3) is 4.66. The number of piperidine rings is 1. The first-order chi connectivity index (χ1) is 12.8. The average Bonchev–Trinajstić information content (AvgIpc) is 2.65. The van der Waals surface area contributed by atoms with E-state index in [0.29, 0.717) is 23.5 Å². The van der Waals surface area contributed by atoms with Crippen LogP contribution < -0.4 is 11.1 Å². The lowest BCUT2D eigenvalue weighted by atomic mass is 10.1. The molecular weight excluding hydrogens is 398 g/mol. The van der Waals surface area contributed by atoms with Gasteiger partial charge in [-0.1, -0.05) is 12.5 Å². The zero-order chi connectivity index (χ0) is 19.6. The van der Waals surface area contributed by atoms with E-state index in [4.69, 9.17) is 5.73 Å². The molecule has 0 radical (unpaired) electrons. The molecule has 1 aliphatic heterocycles. The maximum atomic E-state index is 12.9. The van der Waals surface area contributed by atoms with Crippen LogP contribution in [0.4, 0.5) is 11.4 Å². The van der Waals surface area contributed by atoms with Crippen LogP contribution in [0.2, 0.25) is 0 Å². The molecule has 3 N–H and O–H groups in total. The number of carbonyl (C=O) groups is 1. The second kappa shape index (κ2) is 8.94. The number of halogens is 1. The molecule has 1 saturated heterocycles. The minimum absolute atomic E-state index is 0. The number of amides is 1. The van der Waals surface area contributed by atoms with Crippen molar-refractivity contribution in [3.8, 4) is 0 Å². The Bertz CT molecular complexity index is 946. The summed E-state index contributed by atoms with van der Waals surface area (Å²) in [6, 6.07) is 11.4. The number of nitrogens with zero attached hydrogens (tertiary/aromatic N) is 1. The van der Waals surface area contributed by atoms with Crippen LogP contribution in [0, 0.1) is 6.92 Å². The monoisotopic (exact) mass is 423 g/mol. The van der Waals surface area contributed by atoms with Gasteiger partial charge in [0.05, 0.1) is 4.90 Å². The standard InChI is InChI=1S/C20H25N3O3S.ClH/c1-14-6-9-17(21)13-19(14)22-20(24)16-7-10-18(11-8-16)27(25,26)23-12-4-3-5-15(23)2;/h6-11,13,15H,3-5,12,21H2,1-2H3,(H,22,24);1H. The number of benzene rings is 2. The lowest BCUT2D eigenvalue weighted by Gasteiger charge is -2.32. The van der Waals surface area contributed by atoms with Crippen molar-refractivity contribution in [1.29, 1.82) is 0 Å². The van der Waals surface area contributed by atoms with Gasteiger partial charge < -0.3 is 11.1 Å². The third-order valence-electron chi connectivity index (χ3n) is 4.97. The van der Waals surface area contributed by atoms with E-state index in [-0.39, 0.29) is 29.3 Å². The number of hydrogen-bond donors (Lipinski definition) is 2. The molecule has 0 aromatic heterocycles. The van der Waals surface area contributed by atoms with Gasteiger partial charge in [-0.05, 0) is 68.7 Å². The summed E-state index contributed by atoms with van der Waals surface area (Å²) in [7, 11) is -3.54. The molecule has 152 valence electrons. The molecule has 0 aliphatic carbocycles. The number of rotatable bonds is 4. The fourth-order valence-electron chi connectivity index (χ4n) is 3.31. The molecule has 2 aromatic carbocycles. The predicted octanol–water partition coefficient (Wildman–Crippen LogP) is 3.81. The molecule has 1 heterocycles. The quantitative estimate of drug-likeness (QED) is 0.731. The van der Waals surface area contributed by atoms with Crippen LogP contribution in [0.15, 0.2) is 47.4 Å². The van der Waals surface area contributed by atoms with Gasteiger partial charge in [0.2, 0.25) is 10.0 Å². The Hall–Kier alpha value is -2.09. The van der Waals surface area contributed by atoms with Crippen LogP contribution in [0.3, 0.4) is 0 Å². The molecular formula is C20H26ClN3O3S. The van der Waals surface area contributed by atoms with Crippen LogP contribution in [0.1, 0.15) is 42.1 Å². The van der Waals surface area contributed by atoms with Crippen LogP contribution in [0.5, 0.6) is 0 Å². The highest BCUT2D eigenvalue weighted by molar-refractivity contribution is 7.89. The molecule has 1 amide bonds. The summed E-state index contributed by atoms with van der Waals surface area (Å²) < 4.78 is 27.3.